The highest BCUT2D eigenvalue weighted by atomic mass is 16.6. The van der Waals surface area contributed by atoms with Crippen LogP contribution in [0.2, 0.25) is 0 Å². The molecule has 0 fully saturated rings. The van der Waals surface area contributed by atoms with E-state index in [1.54, 1.807) is 6.92 Å². The number of rotatable bonds is 18. The molecule has 0 heterocycles. The van der Waals surface area contributed by atoms with Crippen LogP contribution in [0.15, 0.2) is 60.7 Å². The second-order valence-electron chi connectivity index (χ2n) is 13.3. The first kappa shape index (κ1) is 36.1. The van der Waals surface area contributed by atoms with Crippen molar-refractivity contribution in [1.82, 2.24) is 0 Å². The van der Waals surface area contributed by atoms with Crippen LogP contribution in [0.3, 0.4) is 0 Å². The highest BCUT2D eigenvalue weighted by molar-refractivity contribution is 5.98. The van der Waals surface area contributed by atoms with E-state index in [4.69, 9.17) is 18.9 Å². The summed E-state index contributed by atoms with van der Waals surface area (Å²) in [6.07, 6.45) is 5.83. The number of benzene rings is 2. The van der Waals surface area contributed by atoms with Gasteiger partial charge in [-0.1, -0.05) is 78.6 Å². The van der Waals surface area contributed by atoms with E-state index < -0.39 is 17.5 Å². The Morgan fingerprint density at radius 1 is 0.698 bits per heavy atom. The fourth-order valence-corrected chi connectivity index (χ4v) is 5.16. The predicted octanol–water partition coefficient (Wildman–Crippen LogP) is 8.64. The van der Waals surface area contributed by atoms with Crippen molar-refractivity contribution in [1.29, 1.82) is 0 Å². The smallest absolute Gasteiger partial charge is 0.331 e. The fraction of sp³-hybridized carbons (Fsp3) is 0.568. The minimum Gasteiger partial charge on any atom is -0.491 e. The van der Waals surface area contributed by atoms with Gasteiger partial charge < -0.3 is 18.9 Å². The van der Waals surface area contributed by atoms with E-state index in [0.717, 1.165) is 37.0 Å². The van der Waals surface area contributed by atoms with Gasteiger partial charge in [0.15, 0.2) is 5.78 Å². The number of carbonyl (C=O) groups is 2. The zero-order valence-electron chi connectivity index (χ0n) is 28.1. The molecule has 0 bridgehead atoms. The molecule has 0 spiro atoms. The van der Waals surface area contributed by atoms with Crippen LogP contribution in [-0.2, 0) is 24.5 Å². The average molecular weight is 595 g/mol. The molecule has 0 aromatic heterocycles. The predicted molar refractivity (Wildman–Crippen MR) is 174 cm³/mol. The topological polar surface area (TPSA) is 71.1 Å². The molecule has 0 aliphatic rings. The molecule has 43 heavy (non-hydrogen) atoms. The maximum Gasteiger partial charge on any atom is 0.331 e. The summed E-state index contributed by atoms with van der Waals surface area (Å²) < 4.78 is 23.4. The first-order chi connectivity index (χ1) is 20.1. The Hall–Kier alpha value is -3.12. The van der Waals surface area contributed by atoms with Crippen LogP contribution < -0.4 is 9.47 Å². The first-order valence-electron chi connectivity index (χ1n) is 15.7. The van der Waals surface area contributed by atoms with Crippen molar-refractivity contribution >= 4 is 11.8 Å². The van der Waals surface area contributed by atoms with Gasteiger partial charge in [-0.05, 0) is 82.0 Å². The summed E-state index contributed by atoms with van der Waals surface area (Å²) in [5.41, 5.74) is 1.46. The standard InChI is InChI=1S/C37H54O6/c1-11-23-35(5,6)33(38)21-22-34(39)42-27(3)25-40-31-17-13-29(14-18-31)37(9,10)30-15-19-32(20-16-30)41-26-28(4)43-36(7,8)24-12-2/h13-22,27-28H,11-12,23-26H2,1-10H3/b22-21+. The second kappa shape index (κ2) is 16.1. The summed E-state index contributed by atoms with van der Waals surface area (Å²) in [5.74, 6) is 0.884. The zero-order chi connectivity index (χ0) is 32.3. The Morgan fingerprint density at radius 3 is 1.63 bits per heavy atom. The molecule has 0 aliphatic heterocycles. The van der Waals surface area contributed by atoms with Crippen LogP contribution >= 0.6 is 0 Å². The summed E-state index contributed by atoms with van der Waals surface area (Å²) in [7, 11) is 0. The van der Waals surface area contributed by atoms with Crippen molar-refractivity contribution in [3.05, 3.63) is 71.8 Å². The van der Waals surface area contributed by atoms with Gasteiger partial charge in [0.1, 0.15) is 30.8 Å². The number of hydrogen-bond acceptors (Lipinski definition) is 6. The van der Waals surface area contributed by atoms with E-state index in [0.29, 0.717) is 12.4 Å². The molecule has 0 amide bonds. The van der Waals surface area contributed by atoms with E-state index in [1.165, 1.54) is 17.7 Å². The average Bonchev–Trinajstić information content (AvgIpc) is 2.93. The molecule has 0 saturated carbocycles. The van der Waals surface area contributed by atoms with Gasteiger partial charge in [0.05, 0.1) is 11.7 Å². The van der Waals surface area contributed by atoms with Gasteiger partial charge in [-0.3, -0.25) is 4.79 Å². The Balaban J connectivity index is 1.88. The monoisotopic (exact) mass is 594 g/mol. The van der Waals surface area contributed by atoms with Crippen molar-refractivity contribution in [2.24, 2.45) is 5.41 Å². The fourth-order valence-electron chi connectivity index (χ4n) is 5.16. The third-order valence-corrected chi connectivity index (χ3v) is 7.72. The van der Waals surface area contributed by atoms with E-state index in [1.807, 2.05) is 52.0 Å². The van der Waals surface area contributed by atoms with Crippen LogP contribution in [0.25, 0.3) is 0 Å². The van der Waals surface area contributed by atoms with E-state index in [2.05, 4.69) is 58.9 Å². The molecule has 0 N–H and O–H groups in total. The number of carbonyl (C=O) groups excluding carboxylic acids is 2. The lowest BCUT2D eigenvalue weighted by Crippen LogP contribution is -2.32. The Morgan fingerprint density at radius 2 is 1.16 bits per heavy atom. The van der Waals surface area contributed by atoms with Crippen LogP contribution in [0.5, 0.6) is 11.5 Å². The van der Waals surface area contributed by atoms with E-state index in [9.17, 15) is 9.59 Å². The minimum absolute atomic E-state index is 0.00362. The lowest BCUT2D eigenvalue weighted by molar-refractivity contribution is -0.143. The Labute approximate surface area is 260 Å². The Kier molecular flexibility index (Phi) is 13.5. The molecule has 0 radical (unpaired) electrons. The molecule has 2 aromatic carbocycles. The molecule has 2 atom stereocenters. The van der Waals surface area contributed by atoms with Gasteiger partial charge in [0, 0.05) is 16.9 Å². The van der Waals surface area contributed by atoms with Crippen LogP contribution in [0, 0.1) is 5.41 Å². The van der Waals surface area contributed by atoms with Gasteiger partial charge in [0.25, 0.3) is 0 Å². The van der Waals surface area contributed by atoms with Gasteiger partial charge in [-0.2, -0.15) is 0 Å². The highest BCUT2D eigenvalue weighted by Gasteiger charge is 2.25. The molecular weight excluding hydrogens is 540 g/mol. The zero-order valence-corrected chi connectivity index (χ0v) is 28.1. The third kappa shape index (κ3) is 11.8. The van der Waals surface area contributed by atoms with Gasteiger partial charge in [0.2, 0.25) is 0 Å². The number of hydrogen-bond donors (Lipinski definition) is 0. The molecule has 6 nitrogen and oxygen atoms in total. The summed E-state index contributed by atoms with van der Waals surface area (Å²) in [6.45, 7) is 21.1. The van der Waals surface area contributed by atoms with E-state index in [-0.39, 0.29) is 29.5 Å². The lowest BCUT2D eigenvalue weighted by atomic mass is 9.78. The number of allylic oxidation sites excluding steroid dienone is 1. The van der Waals surface area contributed by atoms with E-state index >= 15 is 0 Å². The molecule has 0 aliphatic carbocycles. The number of ether oxygens (including phenoxy) is 4. The highest BCUT2D eigenvalue weighted by Crippen LogP contribution is 2.33. The first-order valence-corrected chi connectivity index (χ1v) is 15.7. The number of esters is 1. The van der Waals surface area contributed by atoms with Crippen molar-refractivity contribution in [2.45, 2.75) is 118 Å². The maximum absolute atomic E-state index is 12.3. The molecular formula is C37H54O6. The van der Waals surface area contributed by atoms with Gasteiger partial charge in [-0.15, -0.1) is 0 Å². The normalized spacial score (nSPS) is 13.9. The van der Waals surface area contributed by atoms with Crippen LogP contribution in [0.4, 0.5) is 0 Å². The summed E-state index contributed by atoms with van der Waals surface area (Å²) in [6, 6.07) is 16.2. The van der Waals surface area contributed by atoms with Gasteiger partial charge in [-0.25, -0.2) is 4.79 Å². The summed E-state index contributed by atoms with van der Waals surface area (Å²) in [4.78, 5) is 24.5. The maximum atomic E-state index is 12.3. The molecule has 2 rings (SSSR count). The molecule has 0 saturated heterocycles. The number of ketones is 1. The van der Waals surface area contributed by atoms with Crippen molar-refractivity contribution in [2.75, 3.05) is 13.2 Å². The third-order valence-electron chi connectivity index (χ3n) is 7.72. The van der Waals surface area contributed by atoms with Crippen molar-refractivity contribution < 1.29 is 28.5 Å². The van der Waals surface area contributed by atoms with Crippen molar-refractivity contribution in [3.8, 4) is 11.5 Å². The molecule has 6 heteroatoms. The van der Waals surface area contributed by atoms with Crippen LogP contribution in [0.1, 0.15) is 106 Å². The van der Waals surface area contributed by atoms with Crippen molar-refractivity contribution in [3.63, 3.8) is 0 Å². The second-order valence-corrected chi connectivity index (χ2v) is 13.3. The minimum atomic E-state index is -0.552. The molecule has 238 valence electrons. The quantitative estimate of drug-likeness (QED) is 0.127. The lowest BCUT2D eigenvalue weighted by Gasteiger charge is -2.29. The SMILES string of the molecule is CCCC(C)(C)OC(C)COc1ccc(C(C)(C)c2ccc(OCC(C)OC(=O)/C=C/C(=O)C(C)(C)CCC)cc2)cc1. The largest absolute Gasteiger partial charge is 0.491 e. The summed E-state index contributed by atoms with van der Waals surface area (Å²) in [5, 5.41) is 0. The molecule has 2 aromatic rings. The molecule has 2 unspecified atom stereocenters. The van der Waals surface area contributed by atoms with Gasteiger partial charge >= 0.3 is 5.97 Å². The summed E-state index contributed by atoms with van der Waals surface area (Å²) >= 11 is 0. The van der Waals surface area contributed by atoms with Crippen LogP contribution in [-0.4, -0.2) is 42.8 Å². The Bertz CT molecular complexity index is 1170.